The van der Waals surface area contributed by atoms with Gasteiger partial charge in [0.05, 0.1) is 16.3 Å². The summed E-state index contributed by atoms with van der Waals surface area (Å²) < 4.78 is 5.20. The van der Waals surface area contributed by atoms with E-state index >= 15 is 0 Å². The van der Waals surface area contributed by atoms with Crippen molar-refractivity contribution in [3.05, 3.63) is 92.1 Å². The summed E-state index contributed by atoms with van der Waals surface area (Å²) >= 11 is 0.892. The monoisotopic (exact) mass is 454 g/mol. The molecule has 4 aromatic rings. The Hall–Kier alpha value is -4.60. The molecule has 2 aromatic carbocycles. The molecule has 0 aliphatic heterocycles. The predicted molar refractivity (Wildman–Crippen MR) is 124 cm³/mol. The molecule has 0 bridgehead atoms. The number of nitrogens with zero attached hydrogens (tertiary/aromatic N) is 2. The molecular weight excluding hydrogens is 440 g/mol. The summed E-state index contributed by atoms with van der Waals surface area (Å²) in [5.74, 6) is -0.761. The molecule has 160 valence electrons. The van der Waals surface area contributed by atoms with Crippen LogP contribution < -0.4 is 16.9 Å². The second kappa shape index (κ2) is 8.87. The van der Waals surface area contributed by atoms with E-state index in [0.29, 0.717) is 22.2 Å². The Balaban J connectivity index is 1.73. The third kappa shape index (κ3) is 4.13. The molecule has 0 radical (unpaired) electrons. The summed E-state index contributed by atoms with van der Waals surface area (Å²) in [6.07, 6.45) is 0. The predicted octanol–water partition coefficient (Wildman–Crippen LogP) is 3.45. The van der Waals surface area contributed by atoms with Crippen LogP contribution in [0.2, 0.25) is 0 Å². The Kier molecular flexibility index (Phi) is 5.81. The van der Waals surface area contributed by atoms with E-state index in [-0.39, 0.29) is 33.0 Å². The first-order chi connectivity index (χ1) is 15.9. The fraction of sp³-hybridized carbons (Fsp3) is 0.0417. The molecule has 9 heteroatoms. The van der Waals surface area contributed by atoms with E-state index in [4.69, 9.17) is 10.2 Å². The van der Waals surface area contributed by atoms with Crippen LogP contribution in [0, 0.1) is 22.7 Å². The minimum absolute atomic E-state index is 0.0410. The van der Waals surface area contributed by atoms with E-state index in [1.54, 1.807) is 48.5 Å². The van der Waals surface area contributed by atoms with E-state index in [2.05, 4.69) is 4.98 Å². The van der Waals surface area contributed by atoms with Gasteiger partial charge in [0.25, 0.3) is 5.56 Å². The van der Waals surface area contributed by atoms with Crippen LogP contribution in [0.3, 0.4) is 0 Å². The number of benzene rings is 2. The molecule has 0 fully saturated rings. The van der Waals surface area contributed by atoms with Gasteiger partial charge in [0.15, 0.2) is 5.78 Å². The highest BCUT2D eigenvalue weighted by molar-refractivity contribution is 8.00. The number of carbonyl (C=O) groups excluding carboxylic acids is 1. The topological polar surface area (TPSA) is 154 Å². The number of nitrogen functional groups attached to an aromatic ring is 1. The van der Waals surface area contributed by atoms with Crippen LogP contribution in [0.5, 0.6) is 0 Å². The number of Topliss-reactive ketones (excluding diaryl/α,β-unsaturated/α-hetero) is 1. The maximum atomic E-state index is 12.8. The SMILES string of the molecule is N#Cc1c(SCC(=O)c2cc3ccccc3oc2=O)[nH]c(=O)c(C#N)c1-c1ccc(N)cc1. The number of nitrogens with two attached hydrogens (primary N) is 1. The molecule has 8 nitrogen and oxygen atoms in total. The van der Waals surface area contributed by atoms with Crippen molar-refractivity contribution >= 4 is 34.2 Å². The van der Waals surface area contributed by atoms with E-state index in [9.17, 15) is 24.9 Å². The maximum Gasteiger partial charge on any atom is 0.347 e. The minimum Gasteiger partial charge on any atom is -0.422 e. The van der Waals surface area contributed by atoms with Crippen LogP contribution in [-0.4, -0.2) is 16.5 Å². The molecule has 33 heavy (non-hydrogen) atoms. The standard InChI is InChI=1S/C24H14N4O4S/c25-10-17-21(13-5-7-15(27)8-6-13)18(11-26)23(28-22(17)30)33-12-19(29)16-9-14-3-1-2-4-20(14)32-24(16)31/h1-9H,12,27H2,(H,28,30). The number of pyridine rings is 1. The molecule has 2 aromatic heterocycles. The van der Waals surface area contributed by atoms with Crippen molar-refractivity contribution < 1.29 is 9.21 Å². The number of para-hydroxylation sites is 1. The number of nitriles is 2. The average molecular weight is 454 g/mol. The Labute approximate surface area is 190 Å². The van der Waals surface area contributed by atoms with Crippen LogP contribution >= 0.6 is 11.8 Å². The average Bonchev–Trinajstić information content (AvgIpc) is 2.82. The Morgan fingerprint density at radius 3 is 2.42 bits per heavy atom. The van der Waals surface area contributed by atoms with Crippen LogP contribution in [0.15, 0.2) is 73.6 Å². The number of rotatable bonds is 5. The highest BCUT2D eigenvalue weighted by Gasteiger charge is 2.21. The molecular formula is C24H14N4O4S. The Morgan fingerprint density at radius 2 is 1.73 bits per heavy atom. The quantitative estimate of drug-likeness (QED) is 0.201. The number of fused-ring (bicyclic) bond motifs is 1. The van der Waals surface area contributed by atoms with E-state index in [1.807, 2.05) is 12.1 Å². The number of aromatic nitrogens is 1. The zero-order valence-corrected chi connectivity index (χ0v) is 17.7. The van der Waals surface area contributed by atoms with Gasteiger partial charge in [0.1, 0.15) is 28.8 Å². The summed E-state index contributed by atoms with van der Waals surface area (Å²) in [5, 5.41) is 20.0. The molecule has 0 amide bonds. The normalized spacial score (nSPS) is 10.5. The number of anilines is 1. The van der Waals surface area contributed by atoms with Crippen molar-refractivity contribution in [2.45, 2.75) is 5.03 Å². The third-order valence-electron chi connectivity index (χ3n) is 4.89. The number of nitrogens with one attached hydrogen (secondary N) is 1. The molecule has 3 N–H and O–H groups in total. The lowest BCUT2D eigenvalue weighted by atomic mass is 9.97. The number of carbonyl (C=O) groups is 1. The second-order valence-corrected chi connectivity index (χ2v) is 7.94. The Morgan fingerprint density at radius 1 is 1.03 bits per heavy atom. The van der Waals surface area contributed by atoms with Crippen molar-refractivity contribution in [2.75, 3.05) is 11.5 Å². The molecule has 0 aliphatic carbocycles. The van der Waals surface area contributed by atoms with Gasteiger partial charge in [-0.05, 0) is 29.8 Å². The summed E-state index contributed by atoms with van der Waals surface area (Å²) in [6.45, 7) is 0. The molecule has 0 unspecified atom stereocenters. The summed E-state index contributed by atoms with van der Waals surface area (Å²) in [4.78, 5) is 40.1. The number of aromatic amines is 1. The number of thioether (sulfide) groups is 1. The van der Waals surface area contributed by atoms with Crippen molar-refractivity contribution in [1.82, 2.24) is 4.98 Å². The highest BCUT2D eigenvalue weighted by atomic mass is 32.2. The molecule has 2 heterocycles. The molecule has 0 spiro atoms. The highest BCUT2D eigenvalue weighted by Crippen LogP contribution is 2.32. The largest absolute Gasteiger partial charge is 0.422 e. The van der Waals surface area contributed by atoms with E-state index < -0.39 is 17.0 Å². The van der Waals surface area contributed by atoms with Crippen LogP contribution in [0.4, 0.5) is 5.69 Å². The first kappa shape index (κ1) is 21.6. The van der Waals surface area contributed by atoms with Crippen molar-refractivity contribution in [2.24, 2.45) is 0 Å². The second-order valence-electron chi connectivity index (χ2n) is 6.95. The van der Waals surface area contributed by atoms with Crippen molar-refractivity contribution in [3.63, 3.8) is 0 Å². The van der Waals surface area contributed by atoms with Gasteiger partial charge in [-0.1, -0.05) is 42.1 Å². The fourth-order valence-electron chi connectivity index (χ4n) is 3.31. The fourth-order valence-corrected chi connectivity index (χ4v) is 4.20. The van der Waals surface area contributed by atoms with E-state index in [0.717, 1.165) is 11.8 Å². The zero-order valence-electron chi connectivity index (χ0n) is 16.9. The lowest BCUT2D eigenvalue weighted by molar-refractivity contribution is 0.101. The molecule has 0 saturated heterocycles. The summed E-state index contributed by atoms with van der Waals surface area (Å²) in [7, 11) is 0. The lowest BCUT2D eigenvalue weighted by Gasteiger charge is -2.11. The summed E-state index contributed by atoms with van der Waals surface area (Å²) in [5.41, 5.74) is 5.41. The third-order valence-corrected chi connectivity index (χ3v) is 5.89. The van der Waals surface area contributed by atoms with Crippen molar-refractivity contribution in [1.29, 1.82) is 10.5 Å². The number of hydrogen-bond donors (Lipinski definition) is 2. The van der Waals surface area contributed by atoms with Gasteiger partial charge < -0.3 is 15.1 Å². The van der Waals surface area contributed by atoms with E-state index in [1.165, 1.54) is 6.07 Å². The Bertz CT molecular complexity index is 1610. The molecule has 4 rings (SSSR count). The van der Waals surface area contributed by atoms with Gasteiger partial charge in [0, 0.05) is 16.6 Å². The van der Waals surface area contributed by atoms with Crippen LogP contribution in [0.1, 0.15) is 21.5 Å². The molecule has 0 saturated carbocycles. The van der Waals surface area contributed by atoms with Gasteiger partial charge in [0.2, 0.25) is 0 Å². The van der Waals surface area contributed by atoms with Crippen LogP contribution in [0.25, 0.3) is 22.1 Å². The first-order valence-electron chi connectivity index (χ1n) is 9.58. The van der Waals surface area contributed by atoms with Gasteiger partial charge >= 0.3 is 5.63 Å². The van der Waals surface area contributed by atoms with Crippen LogP contribution in [-0.2, 0) is 0 Å². The first-order valence-corrected chi connectivity index (χ1v) is 10.6. The number of hydrogen-bond acceptors (Lipinski definition) is 8. The molecule has 0 atom stereocenters. The minimum atomic E-state index is -0.768. The van der Waals surface area contributed by atoms with Gasteiger partial charge in [-0.15, -0.1) is 0 Å². The van der Waals surface area contributed by atoms with Gasteiger partial charge in [-0.2, -0.15) is 10.5 Å². The summed E-state index contributed by atoms with van der Waals surface area (Å²) in [6, 6.07) is 18.5. The van der Waals surface area contributed by atoms with Crippen molar-refractivity contribution in [3.8, 4) is 23.3 Å². The van der Waals surface area contributed by atoms with Gasteiger partial charge in [-0.3, -0.25) is 9.59 Å². The number of ketones is 1. The maximum absolute atomic E-state index is 12.8. The smallest absolute Gasteiger partial charge is 0.347 e. The lowest BCUT2D eigenvalue weighted by Crippen LogP contribution is -2.17. The molecule has 0 aliphatic rings. The zero-order chi connectivity index (χ0) is 23.5. The van der Waals surface area contributed by atoms with Gasteiger partial charge in [-0.25, -0.2) is 4.79 Å². The number of H-pyrrole nitrogens is 1.